The molecule has 23 heavy (non-hydrogen) atoms. The third kappa shape index (κ3) is 5.44. The lowest BCUT2D eigenvalue weighted by molar-refractivity contribution is 0.222. The number of aryl methyl sites for hydroxylation is 1. The molecule has 2 heterocycles. The van der Waals surface area contributed by atoms with Gasteiger partial charge in [0.05, 0.1) is 11.2 Å². The van der Waals surface area contributed by atoms with Crippen LogP contribution in [0.5, 0.6) is 0 Å². The SMILES string of the molecule is Cc1ncsc1CN(Cc1ccc(Cl)cc1)CC1CCNC1.Cl. The third-order valence-corrected chi connectivity index (χ3v) is 5.38. The molecule has 0 amide bonds. The highest BCUT2D eigenvalue weighted by molar-refractivity contribution is 7.09. The van der Waals surface area contributed by atoms with Gasteiger partial charge in [0.15, 0.2) is 0 Å². The molecule has 2 aromatic rings. The quantitative estimate of drug-likeness (QED) is 0.826. The highest BCUT2D eigenvalue weighted by atomic mass is 35.5. The minimum absolute atomic E-state index is 0. The molecule has 0 bridgehead atoms. The van der Waals surface area contributed by atoms with Gasteiger partial charge in [0, 0.05) is 29.5 Å². The number of nitrogens with one attached hydrogen (secondary N) is 1. The van der Waals surface area contributed by atoms with Gasteiger partial charge in [-0.15, -0.1) is 23.7 Å². The smallest absolute Gasteiger partial charge is 0.0798 e. The van der Waals surface area contributed by atoms with E-state index in [0.717, 1.165) is 49.4 Å². The first-order valence-electron chi connectivity index (χ1n) is 7.77. The summed E-state index contributed by atoms with van der Waals surface area (Å²) in [5, 5.41) is 4.27. The van der Waals surface area contributed by atoms with Crippen LogP contribution in [-0.2, 0) is 13.1 Å². The number of hydrogen-bond donors (Lipinski definition) is 1. The molecule has 0 radical (unpaired) electrons. The predicted octanol–water partition coefficient (Wildman–Crippen LogP) is 4.14. The minimum atomic E-state index is 0. The van der Waals surface area contributed by atoms with Crippen LogP contribution in [0.25, 0.3) is 0 Å². The van der Waals surface area contributed by atoms with Gasteiger partial charge in [0.2, 0.25) is 0 Å². The van der Waals surface area contributed by atoms with Gasteiger partial charge in [-0.3, -0.25) is 4.90 Å². The lowest BCUT2D eigenvalue weighted by atomic mass is 10.1. The van der Waals surface area contributed by atoms with Gasteiger partial charge >= 0.3 is 0 Å². The lowest BCUT2D eigenvalue weighted by Crippen LogP contribution is -2.29. The summed E-state index contributed by atoms with van der Waals surface area (Å²) in [4.78, 5) is 8.30. The first-order valence-corrected chi connectivity index (χ1v) is 9.03. The van der Waals surface area contributed by atoms with Crippen LogP contribution in [-0.4, -0.2) is 29.5 Å². The topological polar surface area (TPSA) is 28.2 Å². The molecule has 1 N–H and O–H groups in total. The second-order valence-electron chi connectivity index (χ2n) is 6.02. The second-order valence-corrected chi connectivity index (χ2v) is 7.39. The molecular formula is C17H23Cl2N3S. The van der Waals surface area contributed by atoms with Crippen molar-refractivity contribution < 1.29 is 0 Å². The van der Waals surface area contributed by atoms with Crippen LogP contribution in [0.4, 0.5) is 0 Å². The molecular weight excluding hydrogens is 349 g/mol. The fraction of sp³-hybridized carbons (Fsp3) is 0.471. The summed E-state index contributed by atoms with van der Waals surface area (Å²) in [6.07, 6.45) is 1.28. The van der Waals surface area contributed by atoms with Gasteiger partial charge in [-0.1, -0.05) is 23.7 Å². The number of benzene rings is 1. The average molecular weight is 372 g/mol. The molecule has 1 aromatic carbocycles. The molecule has 1 aromatic heterocycles. The maximum Gasteiger partial charge on any atom is 0.0798 e. The Kier molecular flexibility index (Phi) is 7.31. The molecule has 3 rings (SSSR count). The molecule has 1 saturated heterocycles. The van der Waals surface area contributed by atoms with Crippen molar-refractivity contribution in [3.05, 3.63) is 50.9 Å². The maximum atomic E-state index is 5.99. The monoisotopic (exact) mass is 371 g/mol. The maximum absolute atomic E-state index is 5.99. The van der Waals surface area contributed by atoms with Crippen molar-refractivity contribution in [1.82, 2.24) is 15.2 Å². The number of thiazole rings is 1. The van der Waals surface area contributed by atoms with Gasteiger partial charge in [-0.25, -0.2) is 4.98 Å². The molecule has 6 heteroatoms. The van der Waals surface area contributed by atoms with Crippen LogP contribution >= 0.6 is 35.3 Å². The van der Waals surface area contributed by atoms with Gasteiger partial charge in [-0.05, 0) is 50.0 Å². The van der Waals surface area contributed by atoms with E-state index in [1.165, 1.54) is 16.9 Å². The van der Waals surface area contributed by atoms with Crippen molar-refractivity contribution in [3.63, 3.8) is 0 Å². The van der Waals surface area contributed by atoms with Crippen molar-refractivity contribution >= 4 is 35.3 Å². The summed E-state index contributed by atoms with van der Waals surface area (Å²) < 4.78 is 0. The van der Waals surface area contributed by atoms with Crippen LogP contribution in [0.3, 0.4) is 0 Å². The molecule has 1 aliphatic rings. The molecule has 3 nitrogen and oxygen atoms in total. The number of hydrogen-bond acceptors (Lipinski definition) is 4. The van der Waals surface area contributed by atoms with E-state index in [2.05, 4.69) is 34.3 Å². The van der Waals surface area contributed by atoms with Crippen LogP contribution in [0, 0.1) is 12.8 Å². The first-order chi connectivity index (χ1) is 10.7. The Morgan fingerprint density at radius 3 is 2.70 bits per heavy atom. The van der Waals surface area contributed by atoms with E-state index in [1.54, 1.807) is 11.3 Å². The van der Waals surface area contributed by atoms with Gasteiger partial charge in [0.25, 0.3) is 0 Å². The summed E-state index contributed by atoms with van der Waals surface area (Å²) in [7, 11) is 0. The highest BCUT2D eigenvalue weighted by Crippen LogP contribution is 2.20. The summed E-state index contributed by atoms with van der Waals surface area (Å²) in [6, 6.07) is 8.21. The Balaban J connectivity index is 0.00000192. The third-order valence-electron chi connectivity index (χ3n) is 4.21. The number of nitrogens with zero attached hydrogens (tertiary/aromatic N) is 2. The molecule has 1 aliphatic heterocycles. The first kappa shape index (κ1) is 18.7. The zero-order valence-corrected chi connectivity index (χ0v) is 15.7. The van der Waals surface area contributed by atoms with Gasteiger partial charge < -0.3 is 5.32 Å². The second kappa shape index (κ2) is 9.00. The van der Waals surface area contributed by atoms with Crippen LogP contribution < -0.4 is 5.32 Å². The van der Waals surface area contributed by atoms with E-state index in [0.29, 0.717) is 0 Å². The van der Waals surface area contributed by atoms with Gasteiger partial charge in [0.1, 0.15) is 0 Å². The van der Waals surface area contributed by atoms with Crippen LogP contribution in [0.15, 0.2) is 29.8 Å². The Morgan fingerprint density at radius 1 is 1.30 bits per heavy atom. The largest absolute Gasteiger partial charge is 0.316 e. The van der Waals surface area contributed by atoms with Crippen molar-refractivity contribution in [1.29, 1.82) is 0 Å². The van der Waals surface area contributed by atoms with Crippen molar-refractivity contribution in [2.75, 3.05) is 19.6 Å². The molecule has 0 aliphatic carbocycles. The Bertz CT molecular complexity index is 594. The number of halogens is 2. The Hall–Kier alpha value is -0.650. The molecule has 126 valence electrons. The summed E-state index contributed by atoms with van der Waals surface area (Å²) in [6.45, 7) is 7.47. The fourth-order valence-electron chi connectivity index (χ4n) is 2.95. The fourth-order valence-corrected chi connectivity index (χ4v) is 3.89. The summed E-state index contributed by atoms with van der Waals surface area (Å²) in [5.41, 5.74) is 4.43. The van der Waals surface area contributed by atoms with Crippen molar-refractivity contribution in [2.24, 2.45) is 5.92 Å². The van der Waals surface area contributed by atoms with Crippen LogP contribution in [0.1, 0.15) is 22.6 Å². The van der Waals surface area contributed by atoms with Crippen LogP contribution in [0.2, 0.25) is 5.02 Å². The Labute approximate surface area is 153 Å². The molecule has 0 spiro atoms. The Morgan fingerprint density at radius 2 is 2.09 bits per heavy atom. The van der Waals surface area contributed by atoms with Crippen molar-refractivity contribution in [2.45, 2.75) is 26.4 Å². The predicted molar refractivity (Wildman–Crippen MR) is 101 cm³/mol. The standard InChI is InChI=1S/C17H22ClN3S.ClH/c1-13-17(22-12-20-13)11-21(10-15-6-7-19-8-15)9-14-2-4-16(18)5-3-14;/h2-5,12,15,19H,6-11H2,1H3;1H. The van der Waals surface area contributed by atoms with Gasteiger partial charge in [-0.2, -0.15) is 0 Å². The molecule has 1 atom stereocenters. The molecule has 1 fully saturated rings. The number of rotatable bonds is 6. The van der Waals surface area contributed by atoms with Crippen molar-refractivity contribution in [3.8, 4) is 0 Å². The average Bonchev–Trinajstić information content (AvgIpc) is 3.14. The van der Waals surface area contributed by atoms with E-state index >= 15 is 0 Å². The normalized spacial score (nSPS) is 17.4. The zero-order valence-electron chi connectivity index (χ0n) is 13.3. The highest BCUT2D eigenvalue weighted by Gasteiger charge is 2.19. The molecule has 1 unspecified atom stereocenters. The zero-order chi connectivity index (χ0) is 15.4. The van der Waals surface area contributed by atoms with E-state index in [-0.39, 0.29) is 12.4 Å². The van der Waals surface area contributed by atoms with E-state index < -0.39 is 0 Å². The number of aromatic nitrogens is 1. The molecule has 0 saturated carbocycles. The lowest BCUT2D eigenvalue weighted by Gasteiger charge is -2.25. The van der Waals surface area contributed by atoms with E-state index in [4.69, 9.17) is 11.6 Å². The van der Waals surface area contributed by atoms with E-state index in [1.807, 2.05) is 17.6 Å². The van der Waals surface area contributed by atoms with E-state index in [9.17, 15) is 0 Å². The summed E-state index contributed by atoms with van der Waals surface area (Å²) in [5.74, 6) is 0.750. The minimum Gasteiger partial charge on any atom is -0.316 e. The summed E-state index contributed by atoms with van der Waals surface area (Å²) >= 11 is 7.75.